The van der Waals surface area contributed by atoms with Crippen LogP contribution in [-0.2, 0) is 0 Å². The molecular formula is C8H10Br2N2O. The molecule has 1 aromatic rings. The van der Waals surface area contributed by atoms with Crippen molar-refractivity contribution >= 4 is 31.9 Å². The summed E-state index contributed by atoms with van der Waals surface area (Å²) in [4.78, 5) is 4.03. The zero-order chi connectivity index (χ0) is 9.84. The van der Waals surface area contributed by atoms with Gasteiger partial charge in [-0.25, -0.2) is 4.98 Å². The van der Waals surface area contributed by atoms with Gasteiger partial charge in [-0.2, -0.15) is 0 Å². The van der Waals surface area contributed by atoms with E-state index in [-0.39, 0.29) is 12.6 Å². The average molecular weight is 310 g/mol. The van der Waals surface area contributed by atoms with Crippen LogP contribution in [0.25, 0.3) is 0 Å². The Labute approximate surface area is 93.6 Å². The first-order chi connectivity index (χ1) is 6.16. The number of nitrogens with zero attached hydrogens (tertiary/aromatic N) is 1. The van der Waals surface area contributed by atoms with E-state index in [9.17, 15) is 0 Å². The summed E-state index contributed by atoms with van der Waals surface area (Å²) in [5.41, 5.74) is 6.79. The molecule has 0 unspecified atom stereocenters. The van der Waals surface area contributed by atoms with Crippen LogP contribution < -0.4 is 5.73 Å². The van der Waals surface area contributed by atoms with Crippen molar-refractivity contribution in [1.82, 2.24) is 4.98 Å². The van der Waals surface area contributed by atoms with Gasteiger partial charge in [-0.05, 0) is 49.9 Å². The highest BCUT2D eigenvalue weighted by atomic mass is 79.9. The Kier molecular flexibility index (Phi) is 4.31. The Morgan fingerprint density at radius 2 is 2.23 bits per heavy atom. The third-order valence-electron chi connectivity index (χ3n) is 1.72. The lowest BCUT2D eigenvalue weighted by Crippen LogP contribution is -2.12. The van der Waals surface area contributed by atoms with Gasteiger partial charge in [0.2, 0.25) is 0 Å². The maximum atomic E-state index is 8.74. The second-order valence-corrected chi connectivity index (χ2v) is 4.17. The van der Waals surface area contributed by atoms with Gasteiger partial charge >= 0.3 is 0 Å². The van der Waals surface area contributed by atoms with Crippen molar-refractivity contribution in [3.63, 3.8) is 0 Å². The second-order valence-electron chi connectivity index (χ2n) is 2.62. The van der Waals surface area contributed by atoms with Crippen LogP contribution in [0.1, 0.15) is 18.0 Å². The molecular weight excluding hydrogens is 300 g/mol. The van der Waals surface area contributed by atoms with Crippen LogP contribution in [0.4, 0.5) is 0 Å². The molecule has 0 aliphatic carbocycles. The highest BCUT2D eigenvalue weighted by Crippen LogP contribution is 2.28. The predicted molar refractivity (Wildman–Crippen MR) is 58.3 cm³/mol. The van der Waals surface area contributed by atoms with E-state index in [1.165, 1.54) is 0 Å². The molecule has 0 aliphatic heterocycles. The van der Waals surface area contributed by atoms with E-state index in [0.717, 1.165) is 14.6 Å². The van der Waals surface area contributed by atoms with Crippen LogP contribution in [0, 0.1) is 0 Å². The molecule has 0 spiro atoms. The molecule has 0 aliphatic rings. The summed E-state index contributed by atoms with van der Waals surface area (Å²) in [7, 11) is 0. The predicted octanol–water partition coefficient (Wildman–Crippen LogP) is 1.99. The molecule has 1 rings (SSSR count). The first kappa shape index (κ1) is 11.1. The van der Waals surface area contributed by atoms with Gasteiger partial charge in [0.05, 0.1) is 4.47 Å². The van der Waals surface area contributed by atoms with Crippen LogP contribution in [0.5, 0.6) is 0 Å². The van der Waals surface area contributed by atoms with Crippen molar-refractivity contribution in [1.29, 1.82) is 0 Å². The molecule has 0 bridgehead atoms. The Morgan fingerprint density at radius 1 is 1.54 bits per heavy atom. The minimum atomic E-state index is -0.154. The summed E-state index contributed by atoms with van der Waals surface area (Å²) >= 11 is 6.67. The van der Waals surface area contributed by atoms with E-state index in [0.29, 0.717) is 6.42 Å². The molecule has 5 heteroatoms. The van der Waals surface area contributed by atoms with Crippen molar-refractivity contribution in [3.8, 4) is 0 Å². The highest BCUT2D eigenvalue weighted by Gasteiger charge is 2.11. The topological polar surface area (TPSA) is 59.1 Å². The third kappa shape index (κ3) is 2.74. The molecule has 13 heavy (non-hydrogen) atoms. The Balaban J connectivity index is 2.93. The summed E-state index contributed by atoms with van der Waals surface area (Å²) < 4.78 is 1.59. The van der Waals surface area contributed by atoms with Gasteiger partial charge in [-0.15, -0.1) is 0 Å². The Bertz CT molecular complexity index is 293. The van der Waals surface area contributed by atoms with Crippen molar-refractivity contribution in [3.05, 3.63) is 26.9 Å². The van der Waals surface area contributed by atoms with Crippen LogP contribution in [-0.4, -0.2) is 16.7 Å². The van der Waals surface area contributed by atoms with E-state index in [1.54, 1.807) is 6.20 Å². The lowest BCUT2D eigenvalue weighted by molar-refractivity contribution is 0.276. The standard InChI is InChI=1S/C8H10Br2N2O/c9-7-5(6(11)2-4-13)1-3-12-8(7)10/h1,3,6,13H,2,4,11H2/t6-/m0/s1. The highest BCUT2D eigenvalue weighted by molar-refractivity contribution is 9.13. The fourth-order valence-corrected chi connectivity index (χ4v) is 1.89. The van der Waals surface area contributed by atoms with Crippen molar-refractivity contribution < 1.29 is 5.11 Å². The average Bonchev–Trinajstić information content (AvgIpc) is 2.10. The number of halogens is 2. The van der Waals surface area contributed by atoms with Crippen molar-refractivity contribution in [2.45, 2.75) is 12.5 Å². The summed E-state index contributed by atoms with van der Waals surface area (Å²) in [5.74, 6) is 0. The Hall–Kier alpha value is 0.0300. The molecule has 1 atom stereocenters. The zero-order valence-electron chi connectivity index (χ0n) is 6.87. The number of aliphatic hydroxyl groups excluding tert-OH is 1. The molecule has 1 aromatic heterocycles. The number of pyridine rings is 1. The third-order valence-corrected chi connectivity index (χ3v) is 3.68. The molecule has 72 valence electrons. The SMILES string of the molecule is N[C@@H](CCO)c1ccnc(Br)c1Br. The summed E-state index contributed by atoms with van der Waals surface area (Å²) in [6, 6.07) is 1.69. The largest absolute Gasteiger partial charge is 0.396 e. The van der Waals surface area contributed by atoms with E-state index in [4.69, 9.17) is 10.8 Å². The van der Waals surface area contributed by atoms with E-state index in [1.807, 2.05) is 6.07 Å². The van der Waals surface area contributed by atoms with E-state index in [2.05, 4.69) is 36.8 Å². The summed E-state index contributed by atoms with van der Waals surface area (Å²) in [5, 5.41) is 8.74. The quantitative estimate of drug-likeness (QED) is 0.840. The number of rotatable bonds is 3. The summed E-state index contributed by atoms with van der Waals surface area (Å²) in [6.45, 7) is 0.0908. The van der Waals surface area contributed by atoms with Crippen molar-refractivity contribution in [2.24, 2.45) is 5.73 Å². The molecule has 0 radical (unpaired) electrons. The number of nitrogens with two attached hydrogens (primary N) is 1. The van der Waals surface area contributed by atoms with E-state index < -0.39 is 0 Å². The molecule has 0 saturated carbocycles. The fraction of sp³-hybridized carbons (Fsp3) is 0.375. The van der Waals surface area contributed by atoms with Gasteiger partial charge < -0.3 is 10.8 Å². The van der Waals surface area contributed by atoms with Gasteiger partial charge in [-0.1, -0.05) is 0 Å². The normalized spacial score (nSPS) is 12.9. The molecule has 3 nitrogen and oxygen atoms in total. The van der Waals surface area contributed by atoms with Gasteiger partial charge in [0.15, 0.2) is 0 Å². The zero-order valence-corrected chi connectivity index (χ0v) is 10.0. The lowest BCUT2D eigenvalue weighted by atomic mass is 10.1. The number of aliphatic hydroxyl groups is 1. The molecule has 3 N–H and O–H groups in total. The van der Waals surface area contributed by atoms with Crippen LogP contribution in [0.2, 0.25) is 0 Å². The van der Waals surface area contributed by atoms with Crippen LogP contribution >= 0.6 is 31.9 Å². The first-order valence-corrected chi connectivity index (χ1v) is 5.41. The Morgan fingerprint density at radius 3 is 2.85 bits per heavy atom. The molecule has 0 fully saturated rings. The minimum absolute atomic E-state index is 0.0908. The van der Waals surface area contributed by atoms with Crippen LogP contribution in [0.3, 0.4) is 0 Å². The fourth-order valence-electron chi connectivity index (χ4n) is 1.01. The second kappa shape index (κ2) is 5.05. The van der Waals surface area contributed by atoms with Gasteiger partial charge in [0, 0.05) is 18.8 Å². The van der Waals surface area contributed by atoms with Crippen molar-refractivity contribution in [2.75, 3.05) is 6.61 Å². The minimum Gasteiger partial charge on any atom is -0.396 e. The smallest absolute Gasteiger partial charge is 0.120 e. The molecule has 0 amide bonds. The molecule has 0 aromatic carbocycles. The van der Waals surface area contributed by atoms with Crippen LogP contribution in [0.15, 0.2) is 21.3 Å². The monoisotopic (exact) mass is 308 g/mol. The summed E-state index contributed by atoms with van der Waals surface area (Å²) in [6.07, 6.45) is 2.23. The van der Waals surface area contributed by atoms with Gasteiger partial charge in [0.25, 0.3) is 0 Å². The van der Waals surface area contributed by atoms with E-state index >= 15 is 0 Å². The van der Waals surface area contributed by atoms with Gasteiger partial charge in [-0.3, -0.25) is 0 Å². The number of aromatic nitrogens is 1. The molecule has 1 heterocycles. The number of hydrogen-bond acceptors (Lipinski definition) is 3. The van der Waals surface area contributed by atoms with Gasteiger partial charge in [0.1, 0.15) is 4.60 Å². The first-order valence-electron chi connectivity index (χ1n) is 3.83. The maximum absolute atomic E-state index is 8.74. The lowest BCUT2D eigenvalue weighted by Gasteiger charge is -2.12. The number of hydrogen-bond donors (Lipinski definition) is 2. The maximum Gasteiger partial charge on any atom is 0.120 e. The molecule has 0 saturated heterocycles.